The van der Waals surface area contributed by atoms with Gasteiger partial charge in [-0.25, -0.2) is 4.99 Å². The molecule has 0 aliphatic rings. The van der Waals surface area contributed by atoms with Crippen LogP contribution < -0.4 is 10.6 Å². The molecule has 2 N–H and O–H groups in total. The Hall–Kier alpha value is -3.01. The van der Waals surface area contributed by atoms with Crippen LogP contribution in [0.4, 0.5) is 13.2 Å². The van der Waals surface area contributed by atoms with E-state index in [0.29, 0.717) is 24.6 Å². The van der Waals surface area contributed by atoms with Gasteiger partial charge in [-0.05, 0) is 37.3 Å². The molecule has 1 aromatic heterocycles. The predicted molar refractivity (Wildman–Crippen MR) is 95.4 cm³/mol. The van der Waals surface area contributed by atoms with Crippen molar-refractivity contribution in [1.29, 1.82) is 0 Å². The quantitative estimate of drug-likeness (QED) is 0.500. The molecule has 0 amide bonds. The number of aromatic nitrogens is 1. The third kappa shape index (κ3) is 6.48. The molecule has 0 fully saturated rings. The lowest BCUT2D eigenvalue weighted by Crippen LogP contribution is -2.37. The molecule has 1 heterocycles. The zero-order chi connectivity index (χ0) is 18.8. The van der Waals surface area contributed by atoms with Crippen molar-refractivity contribution in [3.63, 3.8) is 0 Å². The highest BCUT2D eigenvalue weighted by molar-refractivity contribution is 5.80. The van der Waals surface area contributed by atoms with Crippen LogP contribution in [0.3, 0.4) is 0 Å². The number of nitrogens with one attached hydrogen (secondary N) is 2. The number of nitrogens with zero attached hydrogens (tertiary/aromatic N) is 2. The number of guanidine groups is 1. The number of pyridine rings is 1. The van der Waals surface area contributed by atoms with Crippen molar-refractivity contribution in [2.75, 3.05) is 13.1 Å². The van der Waals surface area contributed by atoms with Crippen LogP contribution in [0.2, 0.25) is 0 Å². The number of hydrogen-bond donors (Lipinski definition) is 2. The molecule has 0 radical (unpaired) electrons. The van der Waals surface area contributed by atoms with Gasteiger partial charge in [-0.15, -0.1) is 0 Å². The number of hydrogen-bond acceptors (Lipinski definition) is 2. The number of halogens is 3. The van der Waals surface area contributed by atoms with Gasteiger partial charge in [0.1, 0.15) is 0 Å². The number of rotatable bonds is 4. The van der Waals surface area contributed by atoms with Crippen molar-refractivity contribution in [3.05, 3.63) is 65.5 Å². The SMILES string of the molecule is CCNC(=NCc1ccccn1)NCC#Cc1cccc(C(F)(F)F)c1. The molecule has 4 nitrogen and oxygen atoms in total. The van der Waals surface area contributed by atoms with Crippen LogP contribution in [0.5, 0.6) is 0 Å². The first-order valence-electron chi connectivity index (χ1n) is 8.07. The molecule has 0 unspecified atom stereocenters. The van der Waals surface area contributed by atoms with Crippen LogP contribution in [0.15, 0.2) is 53.7 Å². The van der Waals surface area contributed by atoms with E-state index in [1.807, 2.05) is 25.1 Å². The fourth-order valence-corrected chi connectivity index (χ4v) is 2.04. The van der Waals surface area contributed by atoms with Crippen molar-refractivity contribution in [2.24, 2.45) is 4.99 Å². The summed E-state index contributed by atoms with van der Waals surface area (Å²) in [5.41, 5.74) is 0.444. The van der Waals surface area contributed by atoms with Crippen LogP contribution in [0.1, 0.15) is 23.7 Å². The average Bonchev–Trinajstić information content (AvgIpc) is 2.63. The van der Waals surface area contributed by atoms with E-state index in [0.717, 1.165) is 17.8 Å². The molecule has 0 aliphatic carbocycles. The van der Waals surface area contributed by atoms with Gasteiger partial charge in [0.25, 0.3) is 0 Å². The monoisotopic (exact) mass is 360 g/mol. The summed E-state index contributed by atoms with van der Waals surface area (Å²) in [6.45, 7) is 3.28. The van der Waals surface area contributed by atoms with Gasteiger partial charge in [-0.3, -0.25) is 4.98 Å². The maximum atomic E-state index is 12.7. The van der Waals surface area contributed by atoms with Gasteiger partial charge in [0.15, 0.2) is 5.96 Å². The molecule has 1 aromatic carbocycles. The van der Waals surface area contributed by atoms with Crippen molar-refractivity contribution in [3.8, 4) is 11.8 Å². The zero-order valence-corrected chi connectivity index (χ0v) is 14.3. The van der Waals surface area contributed by atoms with Crippen molar-refractivity contribution in [1.82, 2.24) is 15.6 Å². The second-order valence-electron chi connectivity index (χ2n) is 5.25. The van der Waals surface area contributed by atoms with Gasteiger partial charge >= 0.3 is 6.18 Å². The van der Waals surface area contributed by atoms with Gasteiger partial charge in [-0.2, -0.15) is 13.2 Å². The minimum atomic E-state index is -4.37. The molecular formula is C19H19F3N4. The highest BCUT2D eigenvalue weighted by atomic mass is 19.4. The Balaban J connectivity index is 1.95. The molecule has 2 rings (SSSR count). The summed E-state index contributed by atoms with van der Waals surface area (Å²) in [4.78, 5) is 8.58. The summed E-state index contributed by atoms with van der Waals surface area (Å²) in [5.74, 6) is 6.09. The largest absolute Gasteiger partial charge is 0.416 e. The van der Waals surface area contributed by atoms with Gasteiger partial charge in [0.05, 0.1) is 24.3 Å². The van der Waals surface area contributed by atoms with Gasteiger partial charge in [0, 0.05) is 18.3 Å². The van der Waals surface area contributed by atoms with E-state index < -0.39 is 11.7 Å². The van der Waals surface area contributed by atoms with Gasteiger partial charge in [-0.1, -0.05) is 24.0 Å². The Morgan fingerprint density at radius 3 is 2.69 bits per heavy atom. The minimum absolute atomic E-state index is 0.254. The molecular weight excluding hydrogens is 341 g/mol. The van der Waals surface area contributed by atoms with Crippen LogP contribution in [0.25, 0.3) is 0 Å². The summed E-state index contributed by atoms with van der Waals surface area (Å²) in [5, 5.41) is 6.10. The Bertz CT molecular complexity index is 790. The molecule has 0 aliphatic heterocycles. The molecule has 136 valence electrons. The van der Waals surface area contributed by atoms with Crippen LogP contribution in [0, 0.1) is 11.8 Å². The summed E-state index contributed by atoms with van der Waals surface area (Å²) in [7, 11) is 0. The molecule has 26 heavy (non-hydrogen) atoms. The van der Waals surface area contributed by atoms with Gasteiger partial charge in [0.2, 0.25) is 0 Å². The third-order valence-corrected chi connectivity index (χ3v) is 3.24. The van der Waals surface area contributed by atoms with Crippen LogP contribution in [-0.4, -0.2) is 24.0 Å². The van der Waals surface area contributed by atoms with E-state index in [4.69, 9.17) is 0 Å². The molecule has 7 heteroatoms. The first kappa shape index (κ1) is 19.3. The second-order valence-corrected chi connectivity index (χ2v) is 5.25. The predicted octanol–water partition coefficient (Wildman–Crippen LogP) is 3.21. The molecule has 2 aromatic rings. The number of benzene rings is 1. The standard InChI is InChI=1S/C19H19F3N4/c1-2-23-18(26-14-17-10-3-4-11-24-17)25-12-6-8-15-7-5-9-16(13-15)19(20,21)22/h3-5,7,9-11,13H,2,12,14H2,1H3,(H2,23,25,26). The summed E-state index contributed by atoms with van der Waals surface area (Å²) in [6.07, 6.45) is -2.67. The first-order chi connectivity index (χ1) is 12.5. The Morgan fingerprint density at radius 2 is 2.00 bits per heavy atom. The highest BCUT2D eigenvalue weighted by Gasteiger charge is 2.30. The Labute approximate surface area is 150 Å². The molecule has 0 saturated carbocycles. The Morgan fingerprint density at radius 1 is 1.15 bits per heavy atom. The minimum Gasteiger partial charge on any atom is -0.357 e. The lowest BCUT2D eigenvalue weighted by Gasteiger charge is -2.08. The van der Waals surface area contributed by atoms with E-state index >= 15 is 0 Å². The second kappa shape index (κ2) is 9.47. The van der Waals surface area contributed by atoms with Crippen LogP contribution >= 0.6 is 0 Å². The van der Waals surface area contributed by atoms with Gasteiger partial charge < -0.3 is 10.6 Å². The Kier molecular flexibility index (Phi) is 7.03. The van der Waals surface area contributed by atoms with Crippen molar-refractivity contribution < 1.29 is 13.2 Å². The third-order valence-electron chi connectivity index (χ3n) is 3.24. The maximum Gasteiger partial charge on any atom is 0.416 e. The first-order valence-corrected chi connectivity index (χ1v) is 8.07. The van der Waals surface area contributed by atoms with E-state index in [1.165, 1.54) is 6.07 Å². The zero-order valence-electron chi connectivity index (χ0n) is 14.3. The normalized spacial score (nSPS) is 11.5. The molecule has 0 spiro atoms. The van der Waals surface area contributed by atoms with E-state index in [9.17, 15) is 13.2 Å². The fourth-order valence-electron chi connectivity index (χ4n) is 2.04. The average molecular weight is 360 g/mol. The topological polar surface area (TPSA) is 49.3 Å². The lowest BCUT2D eigenvalue weighted by molar-refractivity contribution is -0.137. The van der Waals surface area contributed by atoms with E-state index in [-0.39, 0.29) is 6.54 Å². The highest BCUT2D eigenvalue weighted by Crippen LogP contribution is 2.29. The fraction of sp³-hybridized carbons (Fsp3) is 0.263. The number of alkyl halides is 3. The molecule has 0 atom stereocenters. The lowest BCUT2D eigenvalue weighted by atomic mass is 10.1. The molecule has 0 bridgehead atoms. The van der Waals surface area contributed by atoms with E-state index in [2.05, 4.69) is 32.5 Å². The van der Waals surface area contributed by atoms with Crippen molar-refractivity contribution in [2.45, 2.75) is 19.6 Å². The summed E-state index contributed by atoms with van der Waals surface area (Å²) in [6, 6.07) is 10.5. The van der Waals surface area contributed by atoms with Crippen molar-refractivity contribution >= 4 is 5.96 Å². The van der Waals surface area contributed by atoms with E-state index in [1.54, 1.807) is 12.3 Å². The number of aliphatic imine (C=N–C) groups is 1. The summed E-state index contributed by atoms with van der Waals surface area (Å²) < 4.78 is 38.0. The maximum absolute atomic E-state index is 12.7. The van der Waals surface area contributed by atoms with Crippen LogP contribution in [-0.2, 0) is 12.7 Å². The molecule has 0 saturated heterocycles. The summed E-state index contributed by atoms with van der Waals surface area (Å²) >= 11 is 0. The smallest absolute Gasteiger partial charge is 0.357 e.